The highest BCUT2D eigenvalue weighted by Gasteiger charge is 2.14. The fourth-order valence-electron chi connectivity index (χ4n) is 1.71. The number of carbonyl (C=O) groups is 1. The van der Waals surface area contributed by atoms with Crippen LogP contribution in [0.1, 0.15) is 36.1 Å². The van der Waals surface area contributed by atoms with Crippen molar-refractivity contribution in [1.82, 2.24) is 5.32 Å². The summed E-state index contributed by atoms with van der Waals surface area (Å²) in [5.74, 6) is -0.774. The third-order valence-corrected chi connectivity index (χ3v) is 2.76. The molecule has 1 aromatic rings. The molecule has 3 nitrogen and oxygen atoms in total. The van der Waals surface area contributed by atoms with E-state index in [0.717, 1.165) is 12.1 Å². The molecule has 16 heavy (non-hydrogen) atoms. The molecule has 1 atom stereocenters. The van der Waals surface area contributed by atoms with Crippen LogP contribution in [0.25, 0.3) is 0 Å². The van der Waals surface area contributed by atoms with E-state index in [2.05, 4.69) is 18.3 Å². The Morgan fingerprint density at radius 2 is 2.06 bits per heavy atom. The van der Waals surface area contributed by atoms with Crippen LogP contribution in [-0.4, -0.2) is 17.6 Å². The Bertz CT molecular complexity index is 374. The Labute approximate surface area is 96.5 Å². The van der Waals surface area contributed by atoms with Crippen molar-refractivity contribution in [2.24, 2.45) is 0 Å². The highest BCUT2D eigenvalue weighted by molar-refractivity contribution is 5.68. The van der Waals surface area contributed by atoms with Crippen LogP contribution in [0, 0.1) is 13.8 Å². The Morgan fingerprint density at radius 1 is 1.38 bits per heavy atom. The number of nitrogens with one attached hydrogen (secondary N) is 1. The summed E-state index contributed by atoms with van der Waals surface area (Å²) in [4.78, 5) is 10.8. The van der Waals surface area contributed by atoms with E-state index in [4.69, 9.17) is 5.11 Å². The molecule has 0 aromatic heterocycles. The van der Waals surface area contributed by atoms with Crippen LogP contribution in [0.4, 0.5) is 0 Å². The second-order valence-corrected chi connectivity index (χ2v) is 4.05. The fourth-order valence-corrected chi connectivity index (χ4v) is 1.71. The van der Waals surface area contributed by atoms with Gasteiger partial charge in [-0.1, -0.05) is 25.1 Å². The van der Waals surface area contributed by atoms with E-state index in [1.165, 1.54) is 11.1 Å². The molecule has 0 saturated heterocycles. The topological polar surface area (TPSA) is 49.3 Å². The van der Waals surface area contributed by atoms with Crippen molar-refractivity contribution in [2.75, 3.05) is 6.54 Å². The molecule has 0 fully saturated rings. The Hall–Kier alpha value is -1.35. The highest BCUT2D eigenvalue weighted by Crippen LogP contribution is 2.19. The fraction of sp³-hybridized carbons (Fsp3) is 0.462. The van der Waals surface area contributed by atoms with Crippen molar-refractivity contribution in [3.8, 4) is 0 Å². The lowest BCUT2D eigenvalue weighted by molar-refractivity contribution is -0.137. The van der Waals surface area contributed by atoms with Gasteiger partial charge in [0.15, 0.2) is 0 Å². The molecule has 0 saturated carbocycles. The monoisotopic (exact) mass is 221 g/mol. The largest absolute Gasteiger partial charge is 0.481 e. The average Bonchev–Trinajstić information content (AvgIpc) is 2.21. The number of carboxylic acids is 1. The predicted molar refractivity (Wildman–Crippen MR) is 64.6 cm³/mol. The smallest absolute Gasteiger partial charge is 0.305 e. The molecule has 0 aliphatic heterocycles. The maximum atomic E-state index is 10.8. The lowest BCUT2D eigenvalue weighted by Gasteiger charge is -2.17. The first kappa shape index (κ1) is 12.7. The number of hydrogen-bond acceptors (Lipinski definition) is 2. The van der Waals surface area contributed by atoms with Gasteiger partial charge in [-0.3, -0.25) is 4.79 Å². The number of rotatable bonds is 5. The van der Waals surface area contributed by atoms with Gasteiger partial charge in [0.05, 0.1) is 6.42 Å². The zero-order chi connectivity index (χ0) is 12.1. The summed E-state index contributed by atoms with van der Waals surface area (Å²) in [6.07, 6.45) is 0.121. The zero-order valence-electron chi connectivity index (χ0n) is 10.1. The minimum atomic E-state index is -0.774. The van der Waals surface area contributed by atoms with Crippen LogP contribution in [0.2, 0.25) is 0 Å². The van der Waals surface area contributed by atoms with Crippen molar-refractivity contribution in [3.63, 3.8) is 0 Å². The maximum Gasteiger partial charge on any atom is 0.305 e. The number of aliphatic carboxylic acids is 1. The van der Waals surface area contributed by atoms with Crippen LogP contribution < -0.4 is 5.32 Å². The van der Waals surface area contributed by atoms with E-state index in [9.17, 15) is 4.79 Å². The van der Waals surface area contributed by atoms with Crippen LogP contribution in [0.15, 0.2) is 18.2 Å². The summed E-state index contributed by atoms with van der Waals surface area (Å²) in [5.41, 5.74) is 3.48. The van der Waals surface area contributed by atoms with E-state index in [1.807, 2.05) is 26.0 Å². The van der Waals surface area contributed by atoms with Gasteiger partial charge < -0.3 is 10.4 Å². The molecular weight excluding hydrogens is 202 g/mol. The van der Waals surface area contributed by atoms with Gasteiger partial charge in [0, 0.05) is 6.04 Å². The molecule has 0 spiro atoms. The first-order valence-electron chi connectivity index (χ1n) is 5.57. The molecule has 2 N–H and O–H groups in total. The van der Waals surface area contributed by atoms with Gasteiger partial charge in [-0.05, 0) is 37.1 Å². The molecule has 3 heteroatoms. The number of aryl methyl sites for hydroxylation is 2. The molecule has 88 valence electrons. The summed E-state index contributed by atoms with van der Waals surface area (Å²) in [5, 5.41) is 12.1. The second-order valence-electron chi connectivity index (χ2n) is 4.05. The Morgan fingerprint density at radius 3 is 2.56 bits per heavy atom. The van der Waals surface area contributed by atoms with E-state index in [-0.39, 0.29) is 12.5 Å². The summed E-state index contributed by atoms with van der Waals surface area (Å²) < 4.78 is 0. The van der Waals surface area contributed by atoms with Gasteiger partial charge in [-0.2, -0.15) is 0 Å². The van der Waals surface area contributed by atoms with E-state index in [1.54, 1.807) is 0 Å². The highest BCUT2D eigenvalue weighted by atomic mass is 16.4. The van der Waals surface area contributed by atoms with Gasteiger partial charge >= 0.3 is 5.97 Å². The van der Waals surface area contributed by atoms with Crippen molar-refractivity contribution in [3.05, 3.63) is 34.9 Å². The van der Waals surface area contributed by atoms with E-state index >= 15 is 0 Å². The summed E-state index contributed by atoms with van der Waals surface area (Å²) >= 11 is 0. The van der Waals surface area contributed by atoms with Gasteiger partial charge in [-0.25, -0.2) is 0 Å². The lowest BCUT2D eigenvalue weighted by Crippen LogP contribution is -2.23. The molecule has 1 unspecified atom stereocenters. The summed E-state index contributed by atoms with van der Waals surface area (Å²) in [6, 6.07) is 6.00. The van der Waals surface area contributed by atoms with Gasteiger partial charge in [0.2, 0.25) is 0 Å². The SMILES string of the molecule is CCNC(CC(=O)O)c1ccc(C)c(C)c1. The maximum absolute atomic E-state index is 10.8. The Balaban J connectivity index is 2.91. The minimum absolute atomic E-state index is 0.0956. The molecule has 0 bridgehead atoms. The predicted octanol–water partition coefficient (Wildman–Crippen LogP) is 2.43. The molecule has 0 aliphatic carbocycles. The van der Waals surface area contributed by atoms with Crippen LogP contribution in [-0.2, 0) is 4.79 Å². The van der Waals surface area contributed by atoms with E-state index in [0.29, 0.717) is 0 Å². The molecule has 1 aromatic carbocycles. The standard InChI is InChI=1S/C13H19NO2/c1-4-14-12(8-13(15)16)11-6-5-9(2)10(3)7-11/h5-7,12,14H,4,8H2,1-3H3,(H,15,16). The average molecular weight is 221 g/mol. The van der Waals surface area contributed by atoms with Crippen molar-refractivity contribution < 1.29 is 9.90 Å². The van der Waals surface area contributed by atoms with Gasteiger partial charge in [0.1, 0.15) is 0 Å². The lowest BCUT2D eigenvalue weighted by atomic mass is 9.99. The summed E-state index contributed by atoms with van der Waals surface area (Å²) in [7, 11) is 0. The zero-order valence-corrected chi connectivity index (χ0v) is 10.1. The van der Waals surface area contributed by atoms with Crippen molar-refractivity contribution in [2.45, 2.75) is 33.2 Å². The third-order valence-electron chi connectivity index (χ3n) is 2.76. The van der Waals surface area contributed by atoms with Crippen molar-refractivity contribution >= 4 is 5.97 Å². The molecule has 0 aliphatic rings. The second kappa shape index (κ2) is 5.66. The van der Waals surface area contributed by atoms with E-state index < -0.39 is 5.97 Å². The van der Waals surface area contributed by atoms with Crippen LogP contribution in [0.5, 0.6) is 0 Å². The normalized spacial score (nSPS) is 12.4. The van der Waals surface area contributed by atoms with Gasteiger partial charge in [-0.15, -0.1) is 0 Å². The molecular formula is C13H19NO2. The van der Waals surface area contributed by atoms with Crippen LogP contribution in [0.3, 0.4) is 0 Å². The first-order chi connectivity index (χ1) is 7.54. The number of carboxylic acid groups (broad SMARTS) is 1. The third kappa shape index (κ3) is 3.35. The minimum Gasteiger partial charge on any atom is -0.481 e. The summed E-state index contributed by atoms with van der Waals surface area (Å²) in [6.45, 7) is 6.85. The number of benzene rings is 1. The number of hydrogen-bond donors (Lipinski definition) is 2. The molecule has 1 rings (SSSR count). The quantitative estimate of drug-likeness (QED) is 0.802. The van der Waals surface area contributed by atoms with Crippen LogP contribution >= 0.6 is 0 Å². The first-order valence-corrected chi connectivity index (χ1v) is 5.57. The van der Waals surface area contributed by atoms with Crippen molar-refractivity contribution in [1.29, 1.82) is 0 Å². The molecule has 0 heterocycles. The Kier molecular flexibility index (Phi) is 4.50. The van der Waals surface area contributed by atoms with Gasteiger partial charge in [0.25, 0.3) is 0 Å². The molecule has 0 radical (unpaired) electrons. The molecule has 0 amide bonds.